The van der Waals surface area contributed by atoms with Crippen LogP contribution in [0.25, 0.3) is 0 Å². The van der Waals surface area contributed by atoms with Crippen LogP contribution in [0.2, 0.25) is 5.02 Å². The molecule has 2 aliphatic heterocycles. The molecule has 0 aliphatic carbocycles. The Kier molecular flexibility index (Phi) is 10.1. The number of amides is 1. The van der Waals surface area contributed by atoms with E-state index >= 15 is 8.78 Å². The number of hydrogen-bond donors (Lipinski definition) is 3. The Labute approximate surface area is 239 Å². The number of carbonyl (C=O) groups excluding carboxylic acids is 1. The largest absolute Gasteiger partial charge is 0.481 e. The minimum atomic E-state index is -4.23. The number of nitrogens with zero attached hydrogens (tertiary/aromatic N) is 3. The molecule has 1 amide bonds. The highest BCUT2D eigenvalue weighted by Gasteiger charge is 2.30. The second-order valence-corrected chi connectivity index (χ2v) is 10.6. The summed E-state index contributed by atoms with van der Waals surface area (Å²) in [5.41, 5.74) is 0.310. The molecule has 0 saturated carbocycles. The summed E-state index contributed by atoms with van der Waals surface area (Å²) in [5, 5.41) is 15.2. The first-order valence-electron chi connectivity index (χ1n) is 13.2. The van der Waals surface area contributed by atoms with Crippen molar-refractivity contribution in [1.29, 1.82) is 0 Å². The van der Waals surface area contributed by atoms with Gasteiger partial charge in [-0.15, -0.1) is 0 Å². The Morgan fingerprint density at radius 1 is 1.05 bits per heavy atom. The number of piperazine rings is 2. The molecule has 0 aromatic heterocycles. The van der Waals surface area contributed by atoms with Gasteiger partial charge in [-0.3, -0.25) is 19.4 Å². The van der Waals surface area contributed by atoms with E-state index in [1.54, 1.807) is 15.9 Å². The molecular formula is C27H31ClF5N5O3. The lowest BCUT2D eigenvalue weighted by molar-refractivity contribution is -0.139. The molecule has 2 fully saturated rings. The van der Waals surface area contributed by atoms with Crippen molar-refractivity contribution in [1.82, 2.24) is 15.1 Å². The van der Waals surface area contributed by atoms with Crippen molar-refractivity contribution in [3.05, 3.63) is 58.1 Å². The molecule has 0 spiro atoms. The minimum absolute atomic E-state index is 0.00640. The van der Waals surface area contributed by atoms with Crippen LogP contribution < -0.4 is 15.5 Å². The molecule has 4 rings (SSSR count). The molecule has 2 aliphatic rings. The molecule has 1 atom stereocenters. The number of alkyl halides is 3. The third-order valence-corrected chi connectivity index (χ3v) is 7.53. The minimum Gasteiger partial charge on any atom is -0.481 e. The number of carboxylic acids is 1. The fourth-order valence-corrected chi connectivity index (χ4v) is 5.25. The highest BCUT2D eigenvalue weighted by molar-refractivity contribution is 6.31. The topological polar surface area (TPSA) is 88.1 Å². The van der Waals surface area contributed by atoms with Gasteiger partial charge in [0.25, 0.3) is 5.91 Å². The molecule has 3 N–H and O–H groups in total. The van der Waals surface area contributed by atoms with Gasteiger partial charge in [-0.25, -0.2) is 8.78 Å². The predicted octanol–water partition coefficient (Wildman–Crippen LogP) is 4.19. The van der Waals surface area contributed by atoms with E-state index in [0.717, 1.165) is 0 Å². The van der Waals surface area contributed by atoms with Crippen LogP contribution in [0, 0.1) is 11.6 Å². The second-order valence-electron chi connectivity index (χ2n) is 10.1. The standard InChI is InChI=1S/C27H31ClF5N5O3/c28-18-2-4-21(22(13-18)37-11-9-36(10-12-37)7-5-27(31,32)33)35-26(41)20-3-1-17(24(29)25(20)30)16-38-8-6-34-15-19(38)14-23(39)40/h1-4,13,19,34H,5-12,14-16H2,(H,35,41)(H,39,40)/t19-/m0/s1. The fourth-order valence-electron chi connectivity index (χ4n) is 5.08. The Morgan fingerprint density at radius 3 is 2.46 bits per heavy atom. The second kappa shape index (κ2) is 13.3. The van der Waals surface area contributed by atoms with Crippen LogP contribution in [0.4, 0.5) is 33.3 Å². The number of carbonyl (C=O) groups is 2. The molecule has 14 heteroatoms. The van der Waals surface area contributed by atoms with Gasteiger partial charge in [-0.1, -0.05) is 17.7 Å². The average Bonchev–Trinajstić information content (AvgIpc) is 2.92. The predicted molar refractivity (Wildman–Crippen MR) is 144 cm³/mol. The van der Waals surface area contributed by atoms with Gasteiger partial charge in [-0.05, 0) is 24.3 Å². The maximum Gasteiger partial charge on any atom is 0.390 e. The quantitative estimate of drug-likeness (QED) is 0.371. The number of halogens is 6. The van der Waals surface area contributed by atoms with E-state index in [2.05, 4.69) is 10.6 Å². The van der Waals surface area contributed by atoms with Crippen LogP contribution in [-0.4, -0.2) is 91.4 Å². The van der Waals surface area contributed by atoms with E-state index in [1.807, 2.05) is 4.90 Å². The molecule has 0 bridgehead atoms. The first-order chi connectivity index (χ1) is 19.4. The molecule has 2 saturated heterocycles. The highest BCUT2D eigenvalue weighted by atomic mass is 35.5. The lowest BCUT2D eigenvalue weighted by Crippen LogP contribution is -2.51. The zero-order valence-electron chi connectivity index (χ0n) is 22.1. The van der Waals surface area contributed by atoms with Crippen molar-refractivity contribution in [2.24, 2.45) is 0 Å². The SMILES string of the molecule is O=C(O)C[C@H]1CNCCN1Cc1ccc(C(=O)Nc2ccc(Cl)cc2N2CCN(CCC(F)(F)F)CC2)c(F)c1F. The van der Waals surface area contributed by atoms with Crippen molar-refractivity contribution in [3.8, 4) is 0 Å². The van der Waals surface area contributed by atoms with Gasteiger partial charge >= 0.3 is 12.1 Å². The highest BCUT2D eigenvalue weighted by Crippen LogP contribution is 2.31. The van der Waals surface area contributed by atoms with Gasteiger partial charge in [0.15, 0.2) is 11.6 Å². The van der Waals surface area contributed by atoms with Crippen LogP contribution in [0.1, 0.15) is 28.8 Å². The van der Waals surface area contributed by atoms with E-state index in [9.17, 15) is 22.8 Å². The first kappa shape index (κ1) is 30.9. The first-order valence-corrected chi connectivity index (χ1v) is 13.6. The maximum atomic E-state index is 15.1. The average molecular weight is 604 g/mol. The molecule has 2 aromatic rings. The number of nitrogens with one attached hydrogen (secondary N) is 2. The van der Waals surface area contributed by atoms with Gasteiger partial charge < -0.3 is 20.6 Å². The lowest BCUT2D eigenvalue weighted by atomic mass is 10.1. The third-order valence-electron chi connectivity index (χ3n) is 7.30. The number of benzene rings is 2. The summed E-state index contributed by atoms with van der Waals surface area (Å²) in [7, 11) is 0. The van der Waals surface area contributed by atoms with Crippen molar-refractivity contribution in [2.75, 3.05) is 62.6 Å². The number of hydrogen-bond acceptors (Lipinski definition) is 6. The van der Waals surface area contributed by atoms with Crippen LogP contribution in [0.3, 0.4) is 0 Å². The van der Waals surface area contributed by atoms with Gasteiger partial charge in [0.1, 0.15) is 0 Å². The number of carboxylic acid groups (broad SMARTS) is 1. The summed E-state index contributed by atoms with van der Waals surface area (Å²) >= 11 is 6.17. The Hall–Kier alpha value is -3.00. The molecule has 224 valence electrons. The van der Waals surface area contributed by atoms with Crippen molar-refractivity contribution >= 4 is 34.9 Å². The number of aliphatic carboxylic acids is 1. The lowest BCUT2D eigenvalue weighted by Gasteiger charge is -2.37. The van der Waals surface area contributed by atoms with Gasteiger partial charge in [0.2, 0.25) is 0 Å². The number of anilines is 2. The van der Waals surface area contributed by atoms with E-state index < -0.39 is 41.7 Å². The van der Waals surface area contributed by atoms with E-state index in [1.165, 1.54) is 24.3 Å². The molecule has 2 heterocycles. The summed E-state index contributed by atoms with van der Waals surface area (Å²) in [6, 6.07) is 6.77. The van der Waals surface area contributed by atoms with Crippen LogP contribution in [0.15, 0.2) is 30.3 Å². The summed E-state index contributed by atoms with van der Waals surface area (Å²) in [6.07, 6.45) is -5.28. The Balaban J connectivity index is 1.45. The van der Waals surface area contributed by atoms with Crippen molar-refractivity contribution < 1.29 is 36.6 Å². The van der Waals surface area contributed by atoms with Crippen LogP contribution >= 0.6 is 11.6 Å². The van der Waals surface area contributed by atoms with E-state index in [4.69, 9.17) is 16.7 Å². The van der Waals surface area contributed by atoms with Crippen LogP contribution in [0.5, 0.6) is 0 Å². The molecular weight excluding hydrogens is 573 g/mol. The summed E-state index contributed by atoms with van der Waals surface area (Å²) < 4.78 is 68.0. The summed E-state index contributed by atoms with van der Waals surface area (Å²) in [5.74, 6) is -4.38. The van der Waals surface area contributed by atoms with Crippen molar-refractivity contribution in [2.45, 2.75) is 31.6 Å². The molecule has 2 aromatic carbocycles. The van der Waals surface area contributed by atoms with Crippen LogP contribution in [-0.2, 0) is 11.3 Å². The van der Waals surface area contributed by atoms with Gasteiger partial charge in [-0.2, -0.15) is 13.2 Å². The molecule has 0 radical (unpaired) electrons. The van der Waals surface area contributed by atoms with E-state index in [-0.39, 0.29) is 31.1 Å². The molecule has 0 unspecified atom stereocenters. The zero-order chi connectivity index (χ0) is 29.7. The molecule has 41 heavy (non-hydrogen) atoms. The Bertz CT molecular complexity index is 1260. The number of rotatable bonds is 9. The Morgan fingerprint density at radius 2 is 1.78 bits per heavy atom. The van der Waals surface area contributed by atoms with Crippen molar-refractivity contribution in [3.63, 3.8) is 0 Å². The summed E-state index contributed by atoms with van der Waals surface area (Å²) in [6.45, 7) is 2.83. The smallest absolute Gasteiger partial charge is 0.390 e. The zero-order valence-corrected chi connectivity index (χ0v) is 22.9. The van der Waals surface area contributed by atoms with Gasteiger partial charge in [0, 0.05) is 75.5 Å². The normalized spacial score (nSPS) is 18.9. The summed E-state index contributed by atoms with van der Waals surface area (Å²) in [4.78, 5) is 29.6. The molecule has 8 nitrogen and oxygen atoms in total. The van der Waals surface area contributed by atoms with Gasteiger partial charge in [0.05, 0.1) is 29.8 Å². The fraction of sp³-hybridized carbons (Fsp3) is 0.481. The monoisotopic (exact) mass is 603 g/mol. The maximum absolute atomic E-state index is 15.1. The third kappa shape index (κ3) is 8.28. The van der Waals surface area contributed by atoms with E-state index in [0.29, 0.717) is 62.2 Å².